The van der Waals surface area contributed by atoms with Gasteiger partial charge >= 0.3 is 0 Å². The number of unbranched alkanes of at least 4 members (excludes halogenated alkanes) is 3. The Morgan fingerprint density at radius 2 is 1.94 bits per heavy atom. The molecule has 1 amide bonds. The van der Waals surface area contributed by atoms with Crippen LogP contribution in [-0.2, 0) is 4.79 Å². The Hall–Kier alpha value is -1.16. The molecule has 1 aliphatic rings. The van der Waals surface area contributed by atoms with E-state index in [9.17, 15) is 9.59 Å². The summed E-state index contributed by atoms with van der Waals surface area (Å²) in [5.74, 6) is -0.790. The maximum absolute atomic E-state index is 11.9. The van der Waals surface area contributed by atoms with E-state index in [1.54, 1.807) is 11.0 Å². The van der Waals surface area contributed by atoms with E-state index < -0.39 is 11.7 Å². The zero-order valence-corrected chi connectivity index (χ0v) is 12.0. The lowest BCUT2D eigenvalue weighted by Crippen LogP contribution is -2.30. The maximum atomic E-state index is 11.9. The van der Waals surface area contributed by atoms with Gasteiger partial charge < -0.3 is 4.90 Å². The van der Waals surface area contributed by atoms with Crippen molar-refractivity contribution in [1.82, 2.24) is 0 Å². The molecule has 0 saturated heterocycles. The molecule has 0 N–H and O–H groups in total. The molecule has 0 saturated carbocycles. The van der Waals surface area contributed by atoms with Crippen LogP contribution in [0.5, 0.6) is 0 Å². The van der Waals surface area contributed by atoms with E-state index in [0.29, 0.717) is 16.6 Å². The van der Waals surface area contributed by atoms with E-state index in [0.717, 1.165) is 24.9 Å². The largest absolute Gasteiger partial charge is 0.305 e. The van der Waals surface area contributed by atoms with Crippen LogP contribution >= 0.6 is 15.9 Å². The second kappa shape index (κ2) is 5.65. The molecule has 2 rings (SSSR count). The van der Waals surface area contributed by atoms with Gasteiger partial charge in [-0.3, -0.25) is 9.59 Å². The van der Waals surface area contributed by atoms with Crippen LogP contribution in [0.1, 0.15) is 43.0 Å². The van der Waals surface area contributed by atoms with Crippen molar-refractivity contribution in [3.63, 3.8) is 0 Å². The van der Waals surface area contributed by atoms with Crippen LogP contribution in [0.4, 0.5) is 5.69 Å². The Bertz CT molecular complexity index is 485. The first-order valence-electron chi connectivity index (χ1n) is 6.31. The Morgan fingerprint density at radius 3 is 2.67 bits per heavy atom. The molecule has 0 spiro atoms. The number of hydrogen-bond acceptors (Lipinski definition) is 2. The zero-order valence-electron chi connectivity index (χ0n) is 10.4. The molecule has 1 heterocycles. The Balaban J connectivity index is 2.16. The van der Waals surface area contributed by atoms with Crippen molar-refractivity contribution in [3.8, 4) is 0 Å². The lowest BCUT2D eigenvalue weighted by Gasteiger charge is -2.16. The third kappa shape index (κ3) is 2.34. The monoisotopic (exact) mass is 309 g/mol. The van der Waals surface area contributed by atoms with Crippen molar-refractivity contribution in [2.45, 2.75) is 32.6 Å². The first kappa shape index (κ1) is 13.3. The van der Waals surface area contributed by atoms with Crippen LogP contribution in [0, 0.1) is 0 Å². The molecule has 1 aliphatic heterocycles. The molecule has 1 aromatic rings. The minimum absolute atomic E-state index is 0.395. The number of carbonyl (C=O) groups excluding carboxylic acids is 2. The van der Waals surface area contributed by atoms with Gasteiger partial charge in [0.2, 0.25) is 0 Å². The fourth-order valence-corrected chi connectivity index (χ4v) is 2.76. The number of amides is 1. The van der Waals surface area contributed by atoms with E-state index >= 15 is 0 Å². The van der Waals surface area contributed by atoms with Crippen LogP contribution in [0.25, 0.3) is 0 Å². The predicted octanol–water partition coefficient (Wildman–Crippen LogP) is 3.56. The molecule has 0 fully saturated rings. The van der Waals surface area contributed by atoms with Crippen molar-refractivity contribution in [2.75, 3.05) is 11.4 Å². The Labute approximate surface area is 115 Å². The van der Waals surface area contributed by atoms with Crippen LogP contribution < -0.4 is 4.90 Å². The highest BCUT2D eigenvalue weighted by Gasteiger charge is 2.36. The van der Waals surface area contributed by atoms with E-state index in [2.05, 4.69) is 22.9 Å². The van der Waals surface area contributed by atoms with Gasteiger partial charge in [-0.15, -0.1) is 0 Å². The summed E-state index contributed by atoms with van der Waals surface area (Å²) >= 11 is 3.34. The Morgan fingerprint density at radius 1 is 1.17 bits per heavy atom. The van der Waals surface area contributed by atoms with Gasteiger partial charge in [-0.1, -0.05) is 32.3 Å². The van der Waals surface area contributed by atoms with Crippen molar-refractivity contribution in [2.24, 2.45) is 0 Å². The van der Waals surface area contributed by atoms with Gasteiger partial charge in [-0.2, -0.15) is 0 Å². The molecular formula is C14H16BrNO2. The highest BCUT2D eigenvalue weighted by atomic mass is 79.9. The lowest BCUT2D eigenvalue weighted by atomic mass is 10.1. The normalized spacial score (nSPS) is 14.2. The van der Waals surface area contributed by atoms with Gasteiger partial charge in [0.15, 0.2) is 0 Å². The van der Waals surface area contributed by atoms with Crippen molar-refractivity contribution in [3.05, 3.63) is 28.2 Å². The van der Waals surface area contributed by atoms with E-state index in [4.69, 9.17) is 0 Å². The summed E-state index contributed by atoms with van der Waals surface area (Å²) < 4.78 is 0.703. The van der Waals surface area contributed by atoms with Crippen molar-refractivity contribution >= 4 is 33.3 Å². The number of fused-ring (bicyclic) bond motifs is 1. The summed E-state index contributed by atoms with van der Waals surface area (Å²) in [4.78, 5) is 25.4. The smallest absolute Gasteiger partial charge is 0.299 e. The minimum Gasteiger partial charge on any atom is -0.305 e. The SMILES string of the molecule is CCCCCCN1C(=O)C(=O)c2c(Br)cccc21. The minimum atomic E-state index is -0.395. The van der Waals surface area contributed by atoms with Crippen molar-refractivity contribution < 1.29 is 9.59 Å². The molecule has 0 unspecified atom stereocenters. The van der Waals surface area contributed by atoms with Gasteiger partial charge in [0.05, 0.1) is 11.3 Å². The molecule has 0 bridgehead atoms. The number of halogens is 1. The highest BCUT2D eigenvalue weighted by Crippen LogP contribution is 2.34. The third-order valence-electron chi connectivity index (χ3n) is 3.18. The number of ketones is 1. The molecule has 18 heavy (non-hydrogen) atoms. The first-order chi connectivity index (χ1) is 8.66. The number of nitrogens with zero attached hydrogens (tertiary/aromatic N) is 1. The fraction of sp³-hybridized carbons (Fsp3) is 0.429. The van der Waals surface area contributed by atoms with Crippen LogP contribution in [0.3, 0.4) is 0 Å². The van der Waals surface area contributed by atoms with Gasteiger partial charge in [0, 0.05) is 11.0 Å². The van der Waals surface area contributed by atoms with Gasteiger partial charge in [0.25, 0.3) is 11.7 Å². The third-order valence-corrected chi connectivity index (χ3v) is 3.84. The summed E-state index contributed by atoms with van der Waals surface area (Å²) in [6, 6.07) is 5.49. The fourth-order valence-electron chi connectivity index (χ4n) is 2.22. The van der Waals surface area contributed by atoms with Gasteiger partial charge in [-0.05, 0) is 34.5 Å². The average Bonchev–Trinajstić information content (AvgIpc) is 2.60. The number of hydrogen-bond donors (Lipinski definition) is 0. The molecule has 1 aromatic carbocycles. The number of Topliss-reactive ketones (excluding diaryl/α,β-unsaturated/α-hetero) is 1. The summed E-state index contributed by atoms with van der Waals surface area (Å²) in [5, 5.41) is 0. The quantitative estimate of drug-likeness (QED) is 0.616. The molecule has 0 radical (unpaired) electrons. The van der Waals surface area contributed by atoms with Crippen LogP contribution in [-0.4, -0.2) is 18.2 Å². The molecule has 4 heteroatoms. The summed E-state index contributed by atoms with van der Waals surface area (Å²) in [7, 11) is 0. The van der Waals surface area contributed by atoms with Crippen LogP contribution in [0.2, 0.25) is 0 Å². The summed E-state index contributed by atoms with van der Waals surface area (Å²) in [5.41, 5.74) is 1.26. The number of benzene rings is 1. The molecule has 0 atom stereocenters. The average molecular weight is 310 g/mol. The van der Waals surface area contributed by atoms with E-state index in [1.165, 1.54) is 6.42 Å². The molecular weight excluding hydrogens is 294 g/mol. The second-order valence-corrected chi connectivity index (χ2v) is 5.33. The van der Waals surface area contributed by atoms with E-state index in [-0.39, 0.29) is 0 Å². The van der Waals surface area contributed by atoms with Crippen molar-refractivity contribution in [1.29, 1.82) is 0 Å². The maximum Gasteiger partial charge on any atom is 0.299 e. The van der Waals surface area contributed by atoms with Crippen LogP contribution in [0.15, 0.2) is 22.7 Å². The lowest BCUT2D eigenvalue weighted by molar-refractivity contribution is -0.114. The standard InChI is InChI=1S/C14H16BrNO2/c1-2-3-4-5-9-16-11-8-6-7-10(15)12(11)13(17)14(16)18/h6-8H,2-5,9H2,1H3. The number of rotatable bonds is 5. The molecule has 0 aromatic heterocycles. The molecule has 96 valence electrons. The molecule has 3 nitrogen and oxygen atoms in total. The first-order valence-corrected chi connectivity index (χ1v) is 7.10. The second-order valence-electron chi connectivity index (χ2n) is 4.48. The number of carbonyl (C=O) groups is 2. The topological polar surface area (TPSA) is 37.4 Å². The molecule has 0 aliphatic carbocycles. The number of anilines is 1. The highest BCUT2D eigenvalue weighted by molar-refractivity contribution is 9.10. The predicted molar refractivity (Wildman–Crippen MR) is 75.0 cm³/mol. The van der Waals surface area contributed by atoms with Gasteiger partial charge in [-0.25, -0.2) is 0 Å². The summed E-state index contributed by atoms with van der Waals surface area (Å²) in [6.45, 7) is 2.78. The summed E-state index contributed by atoms with van der Waals surface area (Å²) in [6.07, 6.45) is 4.37. The van der Waals surface area contributed by atoms with E-state index in [1.807, 2.05) is 12.1 Å². The van der Waals surface area contributed by atoms with Gasteiger partial charge in [0.1, 0.15) is 0 Å². The zero-order chi connectivity index (χ0) is 13.1. The Kier molecular flexibility index (Phi) is 4.17.